The van der Waals surface area contributed by atoms with Crippen LogP contribution in [0.5, 0.6) is 0 Å². The summed E-state index contributed by atoms with van der Waals surface area (Å²) in [5.41, 5.74) is 6.44. The van der Waals surface area contributed by atoms with Gasteiger partial charge in [0.05, 0.1) is 0 Å². The molecule has 2 aromatic carbocycles. The summed E-state index contributed by atoms with van der Waals surface area (Å²) in [6, 6.07) is 15.7. The van der Waals surface area contributed by atoms with Gasteiger partial charge in [-0.2, -0.15) is 0 Å². The van der Waals surface area contributed by atoms with Crippen LogP contribution in [0.4, 0.5) is 5.69 Å². The second kappa shape index (κ2) is 11.8. The summed E-state index contributed by atoms with van der Waals surface area (Å²) in [4.78, 5) is 0. The average Bonchev–Trinajstić information content (AvgIpc) is 3.13. The van der Waals surface area contributed by atoms with E-state index in [4.69, 9.17) is 23.9 Å². The van der Waals surface area contributed by atoms with Crippen molar-refractivity contribution in [3.05, 3.63) is 90.6 Å². The fourth-order valence-electron chi connectivity index (χ4n) is 4.64. The van der Waals surface area contributed by atoms with Gasteiger partial charge >= 0.3 is 35.6 Å². The number of fused-ring (bicyclic) bond motifs is 1. The van der Waals surface area contributed by atoms with Crippen molar-refractivity contribution in [2.45, 2.75) is 52.0 Å². The molecule has 1 saturated carbocycles. The van der Waals surface area contributed by atoms with Crippen LogP contribution >= 0.6 is 18.6 Å². The second-order valence-electron chi connectivity index (χ2n) is 9.23. The van der Waals surface area contributed by atoms with Crippen LogP contribution in [-0.2, 0) is 17.0 Å². The molecule has 0 bridgehead atoms. The number of nitrogens with zero attached hydrogens (tertiary/aromatic N) is 1. The summed E-state index contributed by atoms with van der Waals surface area (Å²) in [6.45, 7) is 8.68. The molecule has 0 heterocycles. The molecule has 0 aromatic heterocycles. The van der Waals surface area contributed by atoms with Gasteiger partial charge in [0.25, 0.3) is 0 Å². The first-order chi connectivity index (χ1) is 14.3. The van der Waals surface area contributed by atoms with E-state index in [2.05, 4.69) is 94.5 Å². The maximum atomic E-state index is 5.03. The molecular weight excluding hydrogens is 457 g/mol. The standard InChI is InChI=1S/C26H30N.CH3.2ClH.Ti/c1-18-13-14-25(27-26(2,3)4)24(15-18)23-12-8-7-11-22(23)21-16-19-9-5-6-10-20(19)17-21;;;;/h5-15,19-21H,16-17H2,1-4H3;1H3;2*1H;/q2*-1;;;+2/p-2. The number of hydrogen-bond donors (Lipinski definition) is 0. The zero-order valence-electron chi connectivity index (χ0n) is 19.2. The molecule has 0 saturated heterocycles. The van der Waals surface area contributed by atoms with Crippen LogP contribution < -0.4 is 0 Å². The Hall–Kier alpha value is -0.986. The fraction of sp³-hybridized carbons (Fsp3) is 0.370. The quantitative estimate of drug-likeness (QED) is 0.301. The Morgan fingerprint density at radius 2 is 1.48 bits per heavy atom. The average molecular weight is 490 g/mol. The van der Waals surface area contributed by atoms with Gasteiger partial charge in [-0.25, -0.2) is 0 Å². The van der Waals surface area contributed by atoms with Gasteiger partial charge in [-0.3, -0.25) is 0 Å². The van der Waals surface area contributed by atoms with Crippen molar-refractivity contribution in [3.8, 4) is 11.1 Å². The molecule has 0 aliphatic heterocycles. The topological polar surface area (TPSA) is 14.1 Å². The predicted octanol–water partition coefficient (Wildman–Crippen LogP) is 9.53. The molecule has 1 fully saturated rings. The Kier molecular flexibility index (Phi) is 9.96. The van der Waals surface area contributed by atoms with Crippen LogP contribution in [0.15, 0.2) is 66.8 Å². The van der Waals surface area contributed by atoms with E-state index in [1.165, 1.54) is 35.1 Å². The second-order valence-corrected chi connectivity index (χ2v) is 11.8. The van der Waals surface area contributed by atoms with Crippen LogP contribution in [-0.4, -0.2) is 5.54 Å². The van der Waals surface area contributed by atoms with E-state index in [0.29, 0.717) is 17.8 Å². The normalized spacial score (nSPS) is 21.4. The van der Waals surface area contributed by atoms with Crippen molar-refractivity contribution in [2.75, 3.05) is 0 Å². The zero-order chi connectivity index (χ0) is 21.7. The molecule has 2 aromatic rings. The SMILES string of the molecule is Cc1ccc([N-]C(C)(C)C)c(-c2ccccc2C2CC3C=CC=CC3C2)c1.[CH3-].[Cl][Ti][Cl]. The number of hydrogen-bond acceptors (Lipinski definition) is 0. The summed E-state index contributed by atoms with van der Waals surface area (Å²) in [5, 5.41) is 5.03. The molecule has 166 valence electrons. The van der Waals surface area contributed by atoms with E-state index >= 15 is 0 Å². The summed E-state index contributed by atoms with van der Waals surface area (Å²) in [5.74, 6) is 2.01. The van der Waals surface area contributed by atoms with Crippen molar-refractivity contribution < 1.29 is 17.0 Å². The zero-order valence-corrected chi connectivity index (χ0v) is 22.3. The van der Waals surface area contributed by atoms with E-state index in [1.54, 1.807) is 0 Å². The van der Waals surface area contributed by atoms with Crippen molar-refractivity contribution in [1.29, 1.82) is 0 Å². The van der Waals surface area contributed by atoms with Gasteiger partial charge in [-0.05, 0) is 54.2 Å². The molecule has 0 amide bonds. The number of halogens is 2. The van der Waals surface area contributed by atoms with E-state index < -0.39 is 17.0 Å². The number of allylic oxidation sites excluding steroid dienone is 4. The molecule has 4 heteroatoms. The summed E-state index contributed by atoms with van der Waals surface area (Å²) in [7, 11) is 9.78. The van der Waals surface area contributed by atoms with Gasteiger partial charge in [0.1, 0.15) is 0 Å². The molecule has 31 heavy (non-hydrogen) atoms. The summed E-state index contributed by atoms with van der Waals surface area (Å²) >= 11 is -0.556. The summed E-state index contributed by atoms with van der Waals surface area (Å²) < 4.78 is 0. The van der Waals surface area contributed by atoms with Gasteiger partial charge in [0.2, 0.25) is 0 Å². The molecule has 2 aliphatic carbocycles. The van der Waals surface area contributed by atoms with E-state index in [0.717, 1.165) is 5.69 Å². The Bertz CT molecular complexity index is 894. The first kappa shape index (κ1) is 26.3. The van der Waals surface area contributed by atoms with Crippen molar-refractivity contribution in [2.24, 2.45) is 11.8 Å². The monoisotopic (exact) mass is 489 g/mol. The van der Waals surface area contributed by atoms with Crippen molar-refractivity contribution in [1.82, 2.24) is 0 Å². The molecular formula is C27H33Cl2NTi-2. The van der Waals surface area contributed by atoms with Gasteiger partial charge < -0.3 is 12.7 Å². The Morgan fingerprint density at radius 1 is 0.903 bits per heavy atom. The number of benzene rings is 2. The van der Waals surface area contributed by atoms with Gasteiger partial charge in [0, 0.05) is 0 Å². The minimum absolute atomic E-state index is 0. The first-order valence-electron chi connectivity index (χ1n) is 10.6. The Labute approximate surface area is 206 Å². The van der Waals surface area contributed by atoms with E-state index in [-0.39, 0.29) is 13.0 Å². The Morgan fingerprint density at radius 3 is 2.06 bits per heavy atom. The van der Waals surface area contributed by atoms with Gasteiger partial charge in [-0.15, -0.1) is 11.2 Å². The number of aryl methyl sites for hydroxylation is 1. The molecule has 0 N–H and O–H groups in total. The minimum atomic E-state index is -0.556. The van der Waals surface area contributed by atoms with Crippen molar-refractivity contribution in [3.63, 3.8) is 0 Å². The van der Waals surface area contributed by atoms with Crippen LogP contribution in [0.25, 0.3) is 16.4 Å². The van der Waals surface area contributed by atoms with Crippen LogP contribution in [0, 0.1) is 26.2 Å². The molecule has 2 atom stereocenters. The molecule has 2 unspecified atom stereocenters. The van der Waals surface area contributed by atoms with E-state index in [9.17, 15) is 0 Å². The van der Waals surface area contributed by atoms with Crippen molar-refractivity contribution >= 4 is 24.3 Å². The third-order valence-corrected chi connectivity index (χ3v) is 5.79. The maximum absolute atomic E-state index is 5.03. The summed E-state index contributed by atoms with van der Waals surface area (Å²) in [6.07, 6.45) is 11.7. The molecule has 2 aliphatic rings. The molecule has 0 radical (unpaired) electrons. The van der Waals surface area contributed by atoms with E-state index in [1.807, 2.05) is 0 Å². The van der Waals surface area contributed by atoms with Crippen LogP contribution in [0.2, 0.25) is 0 Å². The first-order valence-corrected chi connectivity index (χ1v) is 14.9. The third-order valence-electron chi connectivity index (χ3n) is 5.79. The third kappa shape index (κ3) is 7.00. The predicted molar refractivity (Wildman–Crippen MR) is 135 cm³/mol. The Balaban J connectivity index is 0.000000808. The molecule has 0 spiro atoms. The van der Waals surface area contributed by atoms with Crippen LogP contribution in [0.3, 0.4) is 0 Å². The molecule has 4 rings (SSSR count). The fourth-order valence-corrected chi connectivity index (χ4v) is 4.64. The van der Waals surface area contributed by atoms with Gasteiger partial charge in [0.15, 0.2) is 0 Å². The van der Waals surface area contributed by atoms with Gasteiger partial charge in [-0.1, -0.05) is 93.1 Å². The number of rotatable bonds is 3. The van der Waals surface area contributed by atoms with Crippen LogP contribution in [0.1, 0.15) is 50.7 Å². The molecule has 1 nitrogen and oxygen atoms in total.